The Labute approximate surface area is 202 Å². The van der Waals surface area contributed by atoms with Crippen LogP contribution in [0.25, 0.3) is 6.08 Å². The van der Waals surface area contributed by atoms with E-state index in [1.165, 1.54) is 0 Å². The van der Waals surface area contributed by atoms with Gasteiger partial charge in [0.05, 0.1) is 12.1 Å². The van der Waals surface area contributed by atoms with E-state index in [1.807, 2.05) is 61.2 Å². The lowest BCUT2D eigenvalue weighted by molar-refractivity contribution is 0.0466. The van der Waals surface area contributed by atoms with Gasteiger partial charge >= 0.3 is 0 Å². The Hall–Kier alpha value is -2.73. The molecule has 5 heteroatoms. The molecule has 34 heavy (non-hydrogen) atoms. The van der Waals surface area contributed by atoms with E-state index < -0.39 is 18.3 Å². The number of aliphatic hydroxyl groups excluding tert-OH is 3. The molecular weight excluding hydrogens is 426 g/mol. The molecule has 1 amide bonds. The van der Waals surface area contributed by atoms with Gasteiger partial charge in [-0.2, -0.15) is 0 Å². The predicted molar refractivity (Wildman–Crippen MR) is 135 cm³/mol. The molecule has 2 heterocycles. The van der Waals surface area contributed by atoms with Crippen LogP contribution in [0, 0.1) is 13.8 Å². The number of aryl methyl sites for hydroxylation is 2. The summed E-state index contributed by atoms with van der Waals surface area (Å²) < 4.78 is 0. The average Bonchev–Trinajstić information content (AvgIpc) is 3.28. The highest BCUT2D eigenvalue weighted by molar-refractivity contribution is 6.00. The minimum absolute atomic E-state index is 0.0454. The first kappa shape index (κ1) is 24.4. The summed E-state index contributed by atoms with van der Waals surface area (Å²) in [4.78, 5) is 15.4. The van der Waals surface area contributed by atoms with Crippen LogP contribution in [0.5, 0.6) is 0 Å². The van der Waals surface area contributed by atoms with E-state index in [0.29, 0.717) is 24.0 Å². The molecule has 0 spiro atoms. The van der Waals surface area contributed by atoms with Crippen molar-refractivity contribution in [1.29, 1.82) is 0 Å². The molecule has 0 aromatic heterocycles. The van der Waals surface area contributed by atoms with E-state index in [4.69, 9.17) is 0 Å². The summed E-state index contributed by atoms with van der Waals surface area (Å²) in [5.74, 6) is -0.0454. The van der Waals surface area contributed by atoms with E-state index in [-0.39, 0.29) is 18.0 Å². The first-order valence-corrected chi connectivity index (χ1v) is 12.2. The normalized spacial score (nSPS) is 27.3. The summed E-state index contributed by atoms with van der Waals surface area (Å²) in [6, 6.07) is 7.03. The molecule has 0 radical (unpaired) electrons. The lowest BCUT2D eigenvalue weighted by Gasteiger charge is -2.24. The van der Waals surface area contributed by atoms with E-state index >= 15 is 0 Å². The Kier molecular flexibility index (Phi) is 7.36. The zero-order valence-electron chi connectivity index (χ0n) is 20.2. The van der Waals surface area contributed by atoms with Crippen LogP contribution in [-0.2, 0) is 0 Å². The second-order valence-corrected chi connectivity index (χ2v) is 9.52. The maximum Gasteiger partial charge on any atom is 0.255 e. The van der Waals surface area contributed by atoms with Crippen LogP contribution < -0.4 is 0 Å². The molecule has 1 fully saturated rings. The number of carbonyl (C=O) groups is 1. The van der Waals surface area contributed by atoms with Gasteiger partial charge in [-0.05, 0) is 67.0 Å². The zero-order chi connectivity index (χ0) is 24.4. The van der Waals surface area contributed by atoms with Crippen molar-refractivity contribution < 1.29 is 20.1 Å². The maximum absolute atomic E-state index is 13.5. The zero-order valence-corrected chi connectivity index (χ0v) is 20.2. The first-order chi connectivity index (χ1) is 16.3. The summed E-state index contributed by atoms with van der Waals surface area (Å²) >= 11 is 0. The number of hydrogen-bond acceptors (Lipinski definition) is 4. The first-order valence-electron chi connectivity index (χ1n) is 12.2. The van der Waals surface area contributed by atoms with Gasteiger partial charge in [0, 0.05) is 11.6 Å². The second-order valence-electron chi connectivity index (χ2n) is 9.52. The largest absolute Gasteiger partial charge is 0.391 e. The highest BCUT2D eigenvalue weighted by atomic mass is 16.3. The van der Waals surface area contributed by atoms with E-state index in [1.54, 1.807) is 6.08 Å². The number of aliphatic hydroxyl groups is 3. The number of carbonyl (C=O) groups excluding carboxylic acids is 1. The molecule has 0 saturated carbocycles. The van der Waals surface area contributed by atoms with Crippen molar-refractivity contribution in [2.75, 3.05) is 0 Å². The molecule has 180 valence electrons. The lowest BCUT2D eigenvalue weighted by atomic mass is 9.89. The Morgan fingerprint density at radius 2 is 1.82 bits per heavy atom. The number of unbranched alkanes of at least 4 members (excludes halogenated alkanes) is 1. The Morgan fingerprint density at radius 3 is 2.59 bits per heavy atom. The van der Waals surface area contributed by atoms with Crippen molar-refractivity contribution in [2.24, 2.45) is 0 Å². The summed E-state index contributed by atoms with van der Waals surface area (Å²) in [6.45, 7) is 5.99. The number of allylic oxidation sites excluding steroid dienone is 3. The third kappa shape index (κ3) is 4.48. The molecule has 1 aromatic rings. The number of amides is 1. The third-order valence-corrected chi connectivity index (χ3v) is 7.10. The molecule has 5 atom stereocenters. The number of fused-ring (bicyclic) bond motifs is 4. The fourth-order valence-electron chi connectivity index (χ4n) is 5.46. The standard InChI is InChI=1S/C29H35NO4/c1-4-5-6-7-8-9-12-21-17-24(32)27-26-19(3)16-20-14-15-23(31)28(33)25(20)18(2)11-10-13-22(26)29(34)30(21)27/h6-11,13-16,21,23-24,27-28,31-33H,4-5,12,17H2,1-3H3/b7-6+,9-8+,11-10?,13-10?,18-11?,19-16?,20-16?,22-13?,25-18?,26-19?/t21-,23-,24+,27?,28-/m1/s1. The van der Waals surface area contributed by atoms with Crippen molar-refractivity contribution in [1.82, 2.24) is 4.90 Å². The molecular formula is C29H35NO4. The predicted octanol–water partition coefficient (Wildman–Crippen LogP) is 4.78. The SMILES string of the molecule is CCC/C=C/C=C/C[C@@H]1C[C@H](O)C2c3c(C)cc4c(c(C)cccc3C(=O)N21)[C@H](O)[C@H](O)C=C4. The molecule has 1 aliphatic carbocycles. The van der Waals surface area contributed by atoms with Crippen molar-refractivity contribution in [3.63, 3.8) is 0 Å². The van der Waals surface area contributed by atoms with E-state index in [0.717, 1.165) is 35.1 Å². The van der Waals surface area contributed by atoms with Gasteiger partial charge in [-0.3, -0.25) is 4.79 Å². The minimum Gasteiger partial charge on any atom is -0.391 e. The minimum atomic E-state index is -1.01. The summed E-state index contributed by atoms with van der Waals surface area (Å²) in [5, 5.41) is 31.8. The van der Waals surface area contributed by atoms with Crippen molar-refractivity contribution in [2.45, 2.75) is 76.9 Å². The van der Waals surface area contributed by atoms with Crippen LogP contribution in [-0.4, -0.2) is 44.4 Å². The smallest absolute Gasteiger partial charge is 0.255 e. The van der Waals surface area contributed by atoms with E-state index in [2.05, 4.69) is 19.1 Å². The topological polar surface area (TPSA) is 81.0 Å². The average molecular weight is 462 g/mol. The van der Waals surface area contributed by atoms with Gasteiger partial charge in [0.1, 0.15) is 12.2 Å². The van der Waals surface area contributed by atoms with Crippen LogP contribution in [0.15, 0.2) is 54.6 Å². The van der Waals surface area contributed by atoms with Gasteiger partial charge in [-0.1, -0.05) is 68.0 Å². The molecule has 1 unspecified atom stereocenters. The van der Waals surface area contributed by atoms with Gasteiger partial charge in [0.2, 0.25) is 0 Å². The molecule has 1 aromatic carbocycles. The Bertz CT molecular complexity index is 1100. The van der Waals surface area contributed by atoms with Crippen LogP contribution in [0.4, 0.5) is 0 Å². The van der Waals surface area contributed by atoms with Crippen LogP contribution in [0.2, 0.25) is 0 Å². The van der Waals surface area contributed by atoms with Gasteiger partial charge in [-0.25, -0.2) is 0 Å². The van der Waals surface area contributed by atoms with Gasteiger partial charge in [0.15, 0.2) is 0 Å². The van der Waals surface area contributed by atoms with Crippen LogP contribution in [0.1, 0.15) is 82.9 Å². The summed E-state index contributed by atoms with van der Waals surface area (Å²) in [6.07, 6.45) is 12.5. The molecule has 4 rings (SSSR count). The highest BCUT2D eigenvalue weighted by Crippen LogP contribution is 2.46. The molecule has 3 aliphatic rings. The van der Waals surface area contributed by atoms with Gasteiger partial charge in [0.25, 0.3) is 5.91 Å². The molecule has 1 saturated heterocycles. The van der Waals surface area contributed by atoms with Crippen molar-refractivity contribution >= 4 is 12.0 Å². The number of nitrogens with zero attached hydrogens (tertiary/aromatic N) is 1. The third-order valence-electron chi connectivity index (χ3n) is 7.10. The van der Waals surface area contributed by atoms with Crippen molar-refractivity contribution in [3.8, 4) is 0 Å². The van der Waals surface area contributed by atoms with Gasteiger partial charge < -0.3 is 20.2 Å². The summed E-state index contributed by atoms with van der Waals surface area (Å²) in [5.41, 5.74) is 4.66. The molecule has 0 bridgehead atoms. The van der Waals surface area contributed by atoms with Gasteiger partial charge in [-0.15, -0.1) is 0 Å². The van der Waals surface area contributed by atoms with Crippen LogP contribution >= 0.6 is 0 Å². The van der Waals surface area contributed by atoms with Crippen molar-refractivity contribution in [3.05, 3.63) is 88.0 Å². The van der Waals surface area contributed by atoms with E-state index in [9.17, 15) is 20.1 Å². The fraction of sp³-hybridized carbons (Fsp3) is 0.414. The fourth-order valence-corrected chi connectivity index (χ4v) is 5.46. The Morgan fingerprint density at radius 1 is 1.06 bits per heavy atom. The number of hydrogen-bond donors (Lipinski definition) is 3. The monoisotopic (exact) mass is 461 g/mol. The lowest BCUT2D eigenvalue weighted by Crippen LogP contribution is -2.32. The maximum atomic E-state index is 13.5. The molecule has 2 aliphatic heterocycles. The Balaban J connectivity index is 1.76. The summed E-state index contributed by atoms with van der Waals surface area (Å²) in [7, 11) is 0. The quantitative estimate of drug-likeness (QED) is 0.551. The highest BCUT2D eigenvalue weighted by Gasteiger charge is 2.49. The number of rotatable bonds is 5. The second kappa shape index (κ2) is 10.3. The molecule has 3 N–H and O–H groups in total. The van der Waals surface area contributed by atoms with Crippen LogP contribution in [0.3, 0.4) is 0 Å². The molecule has 5 nitrogen and oxygen atoms in total.